The highest BCUT2D eigenvalue weighted by Gasteiger charge is 2.40. The Bertz CT molecular complexity index is 937. The summed E-state index contributed by atoms with van der Waals surface area (Å²) in [7, 11) is 5.33. The van der Waals surface area contributed by atoms with Gasteiger partial charge in [-0.3, -0.25) is 19.9 Å². The molecule has 1 N–H and O–H groups in total. The minimum atomic E-state index is -1.21. The van der Waals surface area contributed by atoms with E-state index in [2.05, 4.69) is 10.3 Å². The summed E-state index contributed by atoms with van der Waals surface area (Å²) in [5.41, 5.74) is 1.90. The first-order valence-corrected chi connectivity index (χ1v) is 8.55. The molecule has 8 heteroatoms. The van der Waals surface area contributed by atoms with Crippen molar-refractivity contribution in [1.82, 2.24) is 5.32 Å². The van der Waals surface area contributed by atoms with Gasteiger partial charge in [-0.05, 0) is 36.4 Å². The van der Waals surface area contributed by atoms with Crippen LogP contribution in [0.2, 0.25) is 0 Å². The van der Waals surface area contributed by atoms with Crippen LogP contribution in [0.4, 0.5) is 21.9 Å². The van der Waals surface area contributed by atoms with Gasteiger partial charge in [0.1, 0.15) is 5.75 Å². The molecule has 8 nitrogen and oxygen atoms in total. The summed E-state index contributed by atoms with van der Waals surface area (Å²) in [5.74, 6) is -2.10. The number of ether oxygens (including phenoxy) is 1. The predicted octanol–water partition coefficient (Wildman–Crippen LogP) is 2.36. The molecule has 1 fully saturated rings. The Morgan fingerprint density at radius 3 is 2.46 bits per heavy atom. The summed E-state index contributed by atoms with van der Waals surface area (Å²) in [6.45, 7) is 0. The Balaban J connectivity index is 1.85. The highest BCUT2D eigenvalue weighted by molar-refractivity contribution is 6.32. The normalized spacial score (nSPS) is 17.0. The van der Waals surface area contributed by atoms with Crippen molar-refractivity contribution in [3.8, 4) is 5.75 Å². The molecule has 0 spiro atoms. The number of anilines is 2. The van der Waals surface area contributed by atoms with E-state index in [1.54, 1.807) is 36.4 Å². The van der Waals surface area contributed by atoms with Crippen molar-refractivity contribution in [2.75, 3.05) is 31.0 Å². The van der Waals surface area contributed by atoms with Gasteiger partial charge in [-0.2, -0.15) is 0 Å². The van der Waals surface area contributed by atoms with Gasteiger partial charge in [0.2, 0.25) is 5.91 Å². The zero-order valence-electron chi connectivity index (χ0n) is 15.7. The lowest BCUT2D eigenvalue weighted by Gasteiger charge is -2.28. The molecule has 0 bridgehead atoms. The number of benzene rings is 2. The Kier molecular flexibility index (Phi) is 5.39. The van der Waals surface area contributed by atoms with Crippen molar-refractivity contribution >= 4 is 41.1 Å². The summed E-state index contributed by atoms with van der Waals surface area (Å²) in [6, 6.07) is 13.0. The van der Waals surface area contributed by atoms with E-state index in [0.29, 0.717) is 17.1 Å². The number of hydrogen-bond acceptors (Lipinski definition) is 6. The fourth-order valence-electron chi connectivity index (χ4n) is 2.71. The number of rotatable bonds is 5. The third-order valence-corrected chi connectivity index (χ3v) is 4.25. The van der Waals surface area contributed by atoms with E-state index >= 15 is 0 Å². The van der Waals surface area contributed by atoms with Crippen LogP contribution in [-0.2, 0) is 9.59 Å². The zero-order chi connectivity index (χ0) is 20.3. The minimum absolute atomic E-state index is 0.308. The summed E-state index contributed by atoms with van der Waals surface area (Å²) in [6.07, 6.45) is 1.25. The number of imide groups is 2. The number of aliphatic imine (C=N–C) groups is 1. The first kappa shape index (κ1) is 19.1. The third-order valence-electron chi connectivity index (χ3n) is 4.25. The average Bonchev–Trinajstić information content (AvgIpc) is 2.68. The van der Waals surface area contributed by atoms with Crippen LogP contribution in [-0.4, -0.2) is 45.3 Å². The van der Waals surface area contributed by atoms with E-state index in [1.807, 2.05) is 31.1 Å². The van der Waals surface area contributed by atoms with E-state index in [-0.39, 0.29) is 0 Å². The first-order chi connectivity index (χ1) is 13.4. The number of carbonyl (C=O) groups excluding carboxylic acids is 3. The van der Waals surface area contributed by atoms with E-state index in [4.69, 9.17) is 4.74 Å². The summed E-state index contributed by atoms with van der Waals surface area (Å²) in [5, 5.41) is 2.19. The van der Waals surface area contributed by atoms with Gasteiger partial charge in [0.05, 0.1) is 18.5 Å². The van der Waals surface area contributed by atoms with Crippen LogP contribution in [0.15, 0.2) is 53.5 Å². The van der Waals surface area contributed by atoms with E-state index in [9.17, 15) is 14.4 Å². The Morgan fingerprint density at radius 2 is 1.82 bits per heavy atom. The molecule has 1 saturated heterocycles. The monoisotopic (exact) mass is 380 g/mol. The lowest BCUT2D eigenvalue weighted by Crippen LogP contribution is -2.58. The largest absolute Gasteiger partial charge is 0.497 e. The lowest BCUT2D eigenvalue weighted by molar-refractivity contribution is -0.131. The molecule has 2 aromatic carbocycles. The molecule has 1 atom stereocenters. The van der Waals surface area contributed by atoms with Gasteiger partial charge < -0.3 is 9.64 Å². The predicted molar refractivity (Wildman–Crippen MR) is 106 cm³/mol. The highest BCUT2D eigenvalue weighted by atomic mass is 16.5. The van der Waals surface area contributed by atoms with Crippen molar-refractivity contribution in [2.24, 2.45) is 10.9 Å². The molecule has 1 aliphatic heterocycles. The van der Waals surface area contributed by atoms with Crippen LogP contribution in [0, 0.1) is 5.92 Å². The fourth-order valence-corrected chi connectivity index (χ4v) is 2.71. The summed E-state index contributed by atoms with van der Waals surface area (Å²) < 4.78 is 5.13. The lowest BCUT2D eigenvalue weighted by atomic mass is 10.1. The van der Waals surface area contributed by atoms with Gasteiger partial charge in [-0.25, -0.2) is 9.69 Å². The molecule has 0 aromatic heterocycles. The van der Waals surface area contributed by atoms with E-state index in [1.165, 1.54) is 13.3 Å². The second kappa shape index (κ2) is 7.91. The molecule has 4 amide bonds. The number of carbonyl (C=O) groups is 3. The zero-order valence-corrected chi connectivity index (χ0v) is 15.7. The van der Waals surface area contributed by atoms with Crippen LogP contribution in [0.5, 0.6) is 5.75 Å². The van der Waals surface area contributed by atoms with E-state index < -0.39 is 23.8 Å². The fraction of sp³-hybridized carbons (Fsp3) is 0.200. The third kappa shape index (κ3) is 3.85. The van der Waals surface area contributed by atoms with Crippen molar-refractivity contribution in [1.29, 1.82) is 0 Å². The second-order valence-electron chi connectivity index (χ2n) is 6.34. The molecule has 1 heterocycles. The molecule has 0 aliphatic carbocycles. The molecule has 2 aromatic rings. The molecular formula is C20H20N4O4. The maximum atomic E-state index is 12.8. The SMILES string of the molecule is COc1cccc(N2C(=O)NC(=O)[C@@H](C=Nc3ccc(N(C)C)cc3)C2=O)c1. The molecule has 3 rings (SSSR count). The first-order valence-electron chi connectivity index (χ1n) is 8.55. The number of amides is 4. The summed E-state index contributed by atoms with van der Waals surface area (Å²) in [4.78, 5) is 44.3. The molecular weight excluding hydrogens is 360 g/mol. The average molecular weight is 380 g/mol. The van der Waals surface area contributed by atoms with Crippen LogP contribution >= 0.6 is 0 Å². The molecule has 0 unspecified atom stereocenters. The van der Waals surface area contributed by atoms with Crippen LogP contribution in [0.1, 0.15) is 0 Å². The molecule has 0 radical (unpaired) electrons. The number of nitrogens with zero attached hydrogens (tertiary/aromatic N) is 3. The van der Waals surface area contributed by atoms with Crippen LogP contribution < -0.4 is 19.9 Å². The van der Waals surface area contributed by atoms with Gasteiger partial charge in [0.15, 0.2) is 5.92 Å². The van der Waals surface area contributed by atoms with Gasteiger partial charge in [0, 0.05) is 32.1 Å². The van der Waals surface area contributed by atoms with Crippen molar-refractivity contribution < 1.29 is 19.1 Å². The van der Waals surface area contributed by atoms with Gasteiger partial charge >= 0.3 is 6.03 Å². The Hall–Kier alpha value is -3.68. The molecule has 28 heavy (non-hydrogen) atoms. The Morgan fingerprint density at radius 1 is 1.11 bits per heavy atom. The quantitative estimate of drug-likeness (QED) is 0.635. The van der Waals surface area contributed by atoms with Gasteiger partial charge in [-0.15, -0.1) is 0 Å². The van der Waals surface area contributed by atoms with Gasteiger partial charge in [0.25, 0.3) is 5.91 Å². The highest BCUT2D eigenvalue weighted by Crippen LogP contribution is 2.25. The minimum Gasteiger partial charge on any atom is -0.497 e. The standard InChI is InChI=1S/C20H20N4O4/c1-23(2)14-9-7-13(8-10-14)21-12-17-18(25)22-20(27)24(19(17)26)15-5-4-6-16(11-15)28-3/h4-12,17H,1-3H3,(H,22,25,27)/t17-/m1/s1. The number of nitrogens with one attached hydrogen (secondary N) is 1. The van der Waals surface area contributed by atoms with Crippen LogP contribution in [0.3, 0.4) is 0 Å². The van der Waals surface area contributed by atoms with Crippen molar-refractivity contribution in [3.63, 3.8) is 0 Å². The summed E-state index contributed by atoms with van der Waals surface area (Å²) >= 11 is 0. The Labute approximate surface area is 162 Å². The number of urea groups is 1. The molecule has 144 valence electrons. The number of hydrogen-bond donors (Lipinski definition) is 1. The maximum absolute atomic E-state index is 12.8. The van der Waals surface area contributed by atoms with Crippen molar-refractivity contribution in [2.45, 2.75) is 0 Å². The topological polar surface area (TPSA) is 91.3 Å². The van der Waals surface area contributed by atoms with Gasteiger partial charge in [-0.1, -0.05) is 6.07 Å². The second-order valence-corrected chi connectivity index (χ2v) is 6.34. The smallest absolute Gasteiger partial charge is 0.335 e. The molecule has 1 aliphatic rings. The number of methoxy groups -OCH3 is 1. The number of barbiturate groups is 1. The van der Waals surface area contributed by atoms with Crippen LogP contribution in [0.25, 0.3) is 0 Å². The maximum Gasteiger partial charge on any atom is 0.335 e. The van der Waals surface area contributed by atoms with Crippen molar-refractivity contribution in [3.05, 3.63) is 48.5 Å². The molecule has 0 saturated carbocycles. The van der Waals surface area contributed by atoms with E-state index in [0.717, 1.165) is 10.6 Å².